The molecule has 2 aromatic carbocycles. The van der Waals surface area contributed by atoms with Crippen LogP contribution in [0.15, 0.2) is 46.3 Å². The van der Waals surface area contributed by atoms with Crippen molar-refractivity contribution in [2.45, 2.75) is 38.1 Å². The number of Topliss-reactive ketones (excluding diaryl/α,β-unsaturated/α-hetero) is 1. The van der Waals surface area contributed by atoms with Crippen molar-refractivity contribution in [1.29, 1.82) is 0 Å². The Bertz CT molecular complexity index is 1200. The molecular formula is C24H27ClN2O5S. The Kier molecular flexibility index (Phi) is 8.77. The Morgan fingerprint density at radius 1 is 1.15 bits per heavy atom. The van der Waals surface area contributed by atoms with Crippen LogP contribution in [0.3, 0.4) is 0 Å². The highest BCUT2D eigenvalue weighted by Crippen LogP contribution is 2.27. The number of hydrogen-bond donors (Lipinski definition) is 0. The molecule has 0 saturated heterocycles. The van der Waals surface area contributed by atoms with Gasteiger partial charge in [-0.05, 0) is 50.6 Å². The summed E-state index contributed by atoms with van der Waals surface area (Å²) in [6.07, 6.45) is 0.761. The molecule has 0 aliphatic rings. The molecule has 0 atom stereocenters. The van der Waals surface area contributed by atoms with Gasteiger partial charge < -0.3 is 14.2 Å². The topological polar surface area (TPSA) is 79.7 Å². The maximum absolute atomic E-state index is 13.2. The van der Waals surface area contributed by atoms with Gasteiger partial charge in [0.15, 0.2) is 10.9 Å². The van der Waals surface area contributed by atoms with E-state index in [4.69, 9.17) is 25.8 Å². The van der Waals surface area contributed by atoms with Crippen LogP contribution in [-0.2, 0) is 11.3 Å². The number of carbonyl (C=O) groups is 1. The largest absolute Gasteiger partial charge is 0.497 e. The number of carbonyl (C=O) groups excluding carboxylic acids is 1. The molecular weight excluding hydrogens is 464 g/mol. The van der Waals surface area contributed by atoms with Gasteiger partial charge in [0.2, 0.25) is 0 Å². The molecule has 33 heavy (non-hydrogen) atoms. The van der Waals surface area contributed by atoms with E-state index in [2.05, 4.69) is 4.98 Å². The predicted octanol–water partition coefficient (Wildman–Crippen LogP) is 4.86. The van der Waals surface area contributed by atoms with Crippen molar-refractivity contribution >= 4 is 40.0 Å². The average molecular weight is 491 g/mol. The zero-order valence-corrected chi connectivity index (χ0v) is 20.7. The lowest BCUT2D eigenvalue weighted by Gasteiger charge is -2.14. The van der Waals surface area contributed by atoms with E-state index in [1.807, 2.05) is 13.8 Å². The molecule has 0 unspecified atom stereocenters. The van der Waals surface area contributed by atoms with E-state index in [0.717, 1.165) is 0 Å². The maximum atomic E-state index is 13.2. The van der Waals surface area contributed by atoms with Crippen LogP contribution in [0.4, 0.5) is 0 Å². The van der Waals surface area contributed by atoms with Gasteiger partial charge in [0.1, 0.15) is 11.5 Å². The SMILES string of the molecule is COc1ccc(C(=O)CSc2nc3cc(Cl)ccc3c(=O)n2CCCOC(C)C)c(OC)c1. The summed E-state index contributed by atoms with van der Waals surface area (Å²) in [6, 6.07) is 10.1. The lowest BCUT2D eigenvalue weighted by molar-refractivity contribution is 0.0743. The van der Waals surface area contributed by atoms with E-state index in [9.17, 15) is 9.59 Å². The van der Waals surface area contributed by atoms with Crippen LogP contribution in [0.1, 0.15) is 30.6 Å². The minimum absolute atomic E-state index is 0.0870. The van der Waals surface area contributed by atoms with Gasteiger partial charge in [0.25, 0.3) is 5.56 Å². The predicted molar refractivity (Wildman–Crippen MR) is 131 cm³/mol. The molecule has 3 rings (SSSR count). The Morgan fingerprint density at radius 2 is 1.94 bits per heavy atom. The monoisotopic (exact) mass is 490 g/mol. The van der Waals surface area contributed by atoms with E-state index in [1.54, 1.807) is 48.1 Å². The molecule has 3 aromatic rings. The Balaban J connectivity index is 1.88. The van der Waals surface area contributed by atoms with Crippen LogP contribution in [0.2, 0.25) is 5.02 Å². The van der Waals surface area contributed by atoms with Gasteiger partial charge >= 0.3 is 0 Å². The number of hydrogen-bond acceptors (Lipinski definition) is 7. The van der Waals surface area contributed by atoms with Crippen molar-refractivity contribution in [3.8, 4) is 11.5 Å². The van der Waals surface area contributed by atoms with Gasteiger partial charge in [-0.2, -0.15) is 0 Å². The van der Waals surface area contributed by atoms with Crippen molar-refractivity contribution in [1.82, 2.24) is 9.55 Å². The van der Waals surface area contributed by atoms with Crippen LogP contribution < -0.4 is 15.0 Å². The molecule has 1 heterocycles. The second-order valence-electron chi connectivity index (χ2n) is 7.56. The van der Waals surface area contributed by atoms with Gasteiger partial charge in [-0.25, -0.2) is 4.98 Å². The lowest BCUT2D eigenvalue weighted by atomic mass is 10.1. The number of halogens is 1. The summed E-state index contributed by atoms with van der Waals surface area (Å²) in [4.78, 5) is 30.8. The fourth-order valence-corrected chi connectivity index (χ4v) is 4.33. The number of ether oxygens (including phenoxy) is 3. The zero-order chi connectivity index (χ0) is 24.0. The molecule has 0 fully saturated rings. The number of thioether (sulfide) groups is 1. The number of aromatic nitrogens is 2. The first-order valence-electron chi connectivity index (χ1n) is 10.5. The molecule has 1 aromatic heterocycles. The molecule has 7 nitrogen and oxygen atoms in total. The number of rotatable bonds is 11. The van der Waals surface area contributed by atoms with Crippen molar-refractivity contribution in [2.24, 2.45) is 0 Å². The number of methoxy groups -OCH3 is 2. The highest BCUT2D eigenvalue weighted by Gasteiger charge is 2.17. The molecule has 9 heteroatoms. The lowest BCUT2D eigenvalue weighted by Crippen LogP contribution is -2.24. The summed E-state index contributed by atoms with van der Waals surface area (Å²) in [5, 5.41) is 1.43. The second-order valence-corrected chi connectivity index (χ2v) is 8.94. The number of benzene rings is 2. The molecule has 0 N–H and O–H groups in total. The van der Waals surface area contributed by atoms with Gasteiger partial charge in [0, 0.05) is 24.2 Å². The molecule has 176 valence electrons. The quantitative estimate of drug-likeness (QED) is 0.164. The maximum Gasteiger partial charge on any atom is 0.262 e. The fraction of sp³-hybridized carbons (Fsp3) is 0.375. The Morgan fingerprint density at radius 3 is 2.64 bits per heavy atom. The Labute approximate surface area is 202 Å². The normalized spacial score (nSPS) is 11.2. The van der Waals surface area contributed by atoms with Crippen LogP contribution in [0, 0.1) is 0 Å². The van der Waals surface area contributed by atoms with Crippen LogP contribution in [0.25, 0.3) is 10.9 Å². The van der Waals surface area contributed by atoms with Crippen LogP contribution >= 0.6 is 23.4 Å². The first-order valence-corrected chi connectivity index (χ1v) is 11.9. The first-order chi connectivity index (χ1) is 15.8. The zero-order valence-electron chi connectivity index (χ0n) is 19.1. The highest BCUT2D eigenvalue weighted by atomic mass is 35.5. The molecule has 0 radical (unpaired) electrons. The summed E-state index contributed by atoms with van der Waals surface area (Å²) in [6.45, 7) is 4.88. The van der Waals surface area contributed by atoms with Crippen LogP contribution in [0.5, 0.6) is 11.5 Å². The van der Waals surface area contributed by atoms with Crippen molar-refractivity contribution in [3.63, 3.8) is 0 Å². The van der Waals surface area contributed by atoms with E-state index in [-0.39, 0.29) is 23.2 Å². The molecule has 0 bridgehead atoms. The first kappa shape index (κ1) is 25.1. The van der Waals surface area contributed by atoms with Gasteiger partial charge in [0.05, 0.1) is 42.5 Å². The molecule has 0 aliphatic heterocycles. The summed E-state index contributed by atoms with van der Waals surface area (Å²) < 4.78 is 17.8. The minimum atomic E-state index is -0.168. The minimum Gasteiger partial charge on any atom is -0.497 e. The van der Waals surface area contributed by atoms with E-state index in [1.165, 1.54) is 18.9 Å². The third-order valence-corrected chi connectivity index (χ3v) is 6.11. The highest BCUT2D eigenvalue weighted by molar-refractivity contribution is 7.99. The third-order valence-electron chi connectivity index (χ3n) is 4.90. The van der Waals surface area contributed by atoms with E-state index >= 15 is 0 Å². The molecule has 0 saturated carbocycles. The third kappa shape index (κ3) is 6.28. The fourth-order valence-electron chi connectivity index (χ4n) is 3.26. The number of fused-ring (bicyclic) bond motifs is 1. The second kappa shape index (κ2) is 11.5. The van der Waals surface area contributed by atoms with Crippen molar-refractivity contribution in [3.05, 3.63) is 57.3 Å². The molecule has 0 aliphatic carbocycles. The van der Waals surface area contributed by atoms with Gasteiger partial charge in [-0.1, -0.05) is 23.4 Å². The molecule has 0 amide bonds. The summed E-state index contributed by atoms with van der Waals surface area (Å²) in [5.41, 5.74) is 0.770. The van der Waals surface area contributed by atoms with Crippen molar-refractivity contribution in [2.75, 3.05) is 26.6 Å². The van der Waals surface area contributed by atoms with Crippen molar-refractivity contribution < 1.29 is 19.0 Å². The van der Waals surface area contributed by atoms with E-state index in [0.29, 0.717) is 57.7 Å². The molecule has 0 spiro atoms. The average Bonchev–Trinajstić information content (AvgIpc) is 2.80. The standard InChI is InChI=1S/C24H27ClN2O5S/c1-15(2)32-11-5-10-27-23(29)18-8-6-16(25)12-20(18)26-24(27)33-14-21(28)19-9-7-17(30-3)13-22(19)31-4/h6-9,12-13,15H,5,10-11,14H2,1-4H3. The summed E-state index contributed by atoms with van der Waals surface area (Å²) in [5.74, 6) is 0.974. The van der Waals surface area contributed by atoms with Gasteiger partial charge in [-0.15, -0.1) is 0 Å². The Hall–Kier alpha value is -2.55. The number of ketones is 1. The number of nitrogens with zero attached hydrogens (tertiary/aromatic N) is 2. The summed E-state index contributed by atoms with van der Waals surface area (Å²) in [7, 11) is 3.06. The smallest absolute Gasteiger partial charge is 0.262 e. The summed E-state index contributed by atoms with van der Waals surface area (Å²) >= 11 is 7.32. The van der Waals surface area contributed by atoms with Crippen LogP contribution in [-0.4, -0.2) is 48.0 Å². The van der Waals surface area contributed by atoms with Gasteiger partial charge in [-0.3, -0.25) is 14.2 Å². The van der Waals surface area contributed by atoms with E-state index < -0.39 is 0 Å².